The highest BCUT2D eigenvalue weighted by atomic mass is 35.5. The molecular weight excluding hydrogens is 331 g/mol. The molecule has 1 heterocycles. The first-order chi connectivity index (χ1) is 10.4. The summed E-state index contributed by atoms with van der Waals surface area (Å²) in [4.78, 5) is 12.6. The van der Waals surface area contributed by atoms with Gasteiger partial charge in [0.05, 0.1) is 10.9 Å². The Morgan fingerprint density at radius 2 is 1.50 bits per heavy atom. The van der Waals surface area contributed by atoms with Gasteiger partial charge < -0.3 is 19.7 Å². The number of phenolic OH excluding ortho intramolecular Hbond substituents is 3. The molecule has 112 valence electrons. The van der Waals surface area contributed by atoms with Gasteiger partial charge in [0, 0.05) is 0 Å². The molecule has 0 aliphatic rings. The Bertz CT molecular complexity index is 945. The molecule has 2 aromatic carbocycles. The minimum Gasteiger partial charge on any atom is -0.508 e. The normalized spacial score (nSPS) is 11.0. The summed E-state index contributed by atoms with van der Waals surface area (Å²) in [6, 6.07) is 5.90. The highest BCUT2D eigenvalue weighted by molar-refractivity contribution is 6.42. The maximum Gasteiger partial charge on any atom is 0.202 e. The smallest absolute Gasteiger partial charge is 0.202 e. The fourth-order valence-corrected chi connectivity index (χ4v) is 2.59. The molecule has 0 saturated heterocycles. The van der Waals surface area contributed by atoms with E-state index in [1.54, 1.807) is 0 Å². The predicted octanol–water partition coefficient (Wildman–Crippen LogP) is 3.88. The highest BCUT2D eigenvalue weighted by Gasteiger charge is 2.22. The third kappa shape index (κ3) is 2.06. The topological polar surface area (TPSA) is 90.9 Å². The second-order valence-electron chi connectivity index (χ2n) is 4.55. The van der Waals surface area contributed by atoms with Gasteiger partial charge in [-0.05, 0) is 17.7 Å². The third-order valence-electron chi connectivity index (χ3n) is 3.23. The van der Waals surface area contributed by atoms with Crippen LogP contribution in [0, 0.1) is 0 Å². The first kappa shape index (κ1) is 14.6. The summed E-state index contributed by atoms with van der Waals surface area (Å²) in [5.41, 5.74) is 0.0346. The molecule has 22 heavy (non-hydrogen) atoms. The standard InChI is InChI=1S/C15H8Cl2O5/c16-10-9-12(19)8(6-1-3-7(18)4-2-6)5-22-15(9)11(17)14(21)13(10)20/h1-5,18,20-21H. The van der Waals surface area contributed by atoms with Crippen molar-refractivity contribution in [2.24, 2.45) is 0 Å². The first-order valence-corrected chi connectivity index (χ1v) is 6.81. The number of aromatic hydroxyl groups is 3. The van der Waals surface area contributed by atoms with Crippen molar-refractivity contribution in [2.45, 2.75) is 0 Å². The minimum atomic E-state index is -0.686. The molecule has 3 N–H and O–H groups in total. The van der Waals surface area contributed by atoms with Crippen molar-refractivity contribution in [1.82, 2.24) is 0 Å². The van der Waals surface area contributed by atoms with Gasteiger partial charge in [0.15, 0.2) is 17.1 Å². The average Bonchev–Trinajstić information content (AvgIpc) is 2.51. The zero-order chi connectivity index (χ0) is 16.0. The number of phenols is 3. The fourth-order valence-electron chi connectivity index (χ4n) is 2.10. The van der Waals surface area contributed by atoms with Crippen molar-refractivity contribution in [3.8, 4) is 28.4 Å². The second-order valence-corrected chi connectivity index (χ2v) is 5.31. The number of halogens is 2. The Hall–Kier alpha value is -2.37. The molecule has 0 unspecified atom stereocenters. The van der Waals surface area contributed by atoms with Crippen molar-refractivity contribution in [3.05, 3.63) is 50.8 Å². The van der Waals surface area contributed by atoms with E-state index in [1.807, 2.05) is 0 Å². The van der Waals surface area contributed by atoms with E-state index in [1.165, 1.54) is 30.5 Å². The van der Waals surface area contributed by atoms with Gasteiger partial charge in [-0.25, -0.2) is 0 Å². The van der Waals surface area contributed by atoms with Crippen LogP contribution in [-0.4, -0.2) is 15.3 Å². The van der Waals surface area contributed by atoms with Crippen LogP contribution < -0.4 is 5.43 Å². The molecule has 0 aliphatic carbocycles. The number of hydrogen-bond donors (Lipinski definition) is 3. The summed E-state index contributed by atoms with van der Waals surface area (Å²) in [7, 11) is 0. The van der Waals surface area contributed by atoms with E-state index in [4.69, 9.17) is 27.6 Å². The average molecular weight is 339 g/mol. The van der Waals surface area contributed by atoms with Crippen LogP contribution in [0.4, 0.5) is 0 Å². The maximum absolute atomic E-state index is 12.6. The zero-order valence-corrected chi connectivity index (χ0v) is 12.3. The Morgan fingerprint density at radius 1 is 0.909 bits per heavy atom. The van der Waals surface area contributed by atoms with E-state index in [9.17, 15) is 20.1 Å². The summed E-state index contributed by atoms with van der Waals surface area (Å²) >= 11 is 11.8. The van der Waals surface area contributed by atoms with Crippen molar-refractivity contribution in [2.75, 3.05) is 0 Å². The van der Waals surface area contributed by atoms with Crippen molar-refractivity contribution < 1.29 is 19.7 Å². The molecule has 0 aliphatic heterocycles. The molecule has 0 saturated carbocycles. The largest absolute Gasteiger partial charge is 0.508 e. The molecule has 5 nitrogen and oxygen atoms in total. The van der Waals surface area contributed by atoms with Gasteiger partial charge in [0.1, 0.15) is 22.1 Å². The number of fused-ring (bicyclic) bond motifs is 1. The maximum atomic E-state index is 12.6. The molecule has 0 amide bonds. The quantitative estimate of drug-likeness (QED) is 0.585. The molecule has 0 atom stereocenters. The Labute approximate surface area is 133 Å². The second kappa shape index (κ2) is 5.12. The first-order valence-electron chi connectivity index (χ1n) is 6.05. The summed E-state index contributed by atoms with van der Waals surface area (Å²) in [6.07, 6.45) is 1.18. The van der Waals surface area contributed by atoms with Crippen LogP contribution in [0.5, 0.6) is 17.2 Å². The number of hydrogen-bond acceptors (Lipinski definition) is 5. The van der Waals surface area contributed by atoms with Gasteiger partial charge in [-0.3, -0.25) is 4.79 Å². The van der Waals surface area contributed by atoms with Gasteiger partial charge in [-0.2, -0.15) is 0 Å². The van der Waals surface area contributed by atoms with E-state index < -0.39 is 16.9 Å². The van der Waals surface area contributed by atoms with Crippen LogP contribution in [-0.2, 0) is 0 Å². The van der Waals surface area contributed by atoms with E-state index in [2.05, 4.69) is 0 Å². The molecule has 0 spiro atoms. The SMILES string of the molecule is O=c1c(-c2ccc(O)cc2)coc2c(Cl)c(O)c(O)c(Cl)c12. The number of rotatable bonds is 1. The Kier molecular flexibility index (Phi) is 3.39. The van der Waals surface area contributed by atoms with Crippen LogP contribution in [0.2, 0.25) is 10.0 Å². The summed E-state index contributed by atoms with van der Waals surface area (Å²) < 4.78 is 5.31. The van der Waals surface area contributed by atoms with Crippen LogP contribution in [0.25, 0.3) is 22.1 Å². The monoisotopic (exact) mass is 338 g/mol. The van der Waals surface area contributed by atoms with Gasteiger partial charge >= 0.3 is 0 Å². The summed E-state index contributed by atoms with van der Waals surface area (Å²) in [5.74, 6) is -1.29. The Balaban J connectivity index is 2.40. The molecule has 3 rings (SSSR count). The minimum absolute atomic E-state index is 0.0533. The molecule has 0 fully saturated rings. The van der Waals surface area contributed by atoms with Gasteiger partial charge in [0.2, 0.25) is 5.43 Å². The Morgan fingerprint density at radius 3 is 2.14 bits per heavy atom. The van der Waals surface area contributed by atoms with Crippen molar-refractivity contribution >= 4 is 34.2 Å². The lowest BCUT2D eigenvalue weighted by molar-refractivity contribution is 0.404. The van der Waals surface area contributed by atoms with Gasteiger partial charge in [-0.15, -0.1) is 0 Å². The molecule has 0 radical (unpaired) electrons. The van der Waals surface area contributed by atoms with Gasteiger partial charge in [-0.1, -0.05) is 35.3 Å². The summed E-state index contributed by atoms with van der Waals surface area (Å²) in [6.45, 7) is 0. The predicted molar refractivity (Wildman–Crippen MR) is 82.9 cm³/mol. The van der Waals surface area contributed by atoms with E-state index in [-0.39, 0.29) is 32.3 Å². The fraction of sp³-hybridized carbons (Fsp3) is 0. The molecule has 7 heteroatoms. The van der Waals surface area contributed by atoms with Gasteiger partial charge in [0.25, 0.3) is 0 Å². The lowest BCUT2D eigenvalue weighted by Crippen LogP contribution is -2.05. The highest BCUT2D eigenvalue weighted by Crippen LogP contribution is 2.45. The lowest BCUT2D eigenvalue weighted by atomic mass is 10.1. The van der Waals surface area contributed by atoms with E-state index >= 15 is 0 Å². The molecular formula is C15H8Cl2O5. The summed E-state index contributed by atoms with van der Waals surface area (Å²) in [5, 5.41) is 27.9. The van der Waals surface area contributed by atoms with Crippen molar-refractivity contribution in [3.63, 3.8) is 0 Å². The molecule has 3 aromatic rings. The van der Waals surface area contributed by atoms with Crippen molar-refractivity contribution in [1.29, 1.82) is 0 Å². The van der Waals surface area contributed by atoms with Crippen LogP contribution in [0.15, 0.2) is 39.7 Å². The van der Waals surface area contributed by atoms with Crippen LogP contribution in [0.1, 0.15) is 0 Å². The zero-order valence-electron chi connectivity index (χ0n) is 10.8. The third-order valence-corrected chi connectivity index (χ3v) is 3.95. The van der Waals surface area contributed by atoms with E-state index in [0.29, 0.717) is 5.56 Å². The van der Waals surface area contributed by atoms with E-state index in [0.717, 1.165) is 0 Å². The lowest BCUT2D eigenvalue weighted by Gasteiger charge is -2.08. The molecule has 1 aromatic heterocycles. The van der Waals surface area contributed by atoms with Crippen LogP contribution >= 0.6 is 23.2 Å². The number of benzene rings is 2. The van der Waals surface area contributed by atoms with Crippen LogP contribution in [0.3, 0.4) is 0 Å². The molecule has 0 bridgehead atoms.